The van der Waals surface area contributed by atoms with Gasteiger partial charge in [-0.25, -0.2) is 4.98 Å². The Morgan fingerprint density at radius 1 is 1.45 bits per heavy atom. The van der Waals surface area contributed by atoms with Gasteiger partial charge in [0.2, 0.25) is 5.95 Å². The molecule has 0 amide bonds. The van der Waals surface area contributed by atoms with Crippen LogP contribution in [0.1, 0.15) is 13.2 Å². The van der Waals surface area contributed by atoms with Crippen molar-refractivity contribution in [1.29, 1.82) is 0 Å². The lowest BCUT2D eigenvalue weighted by molar-refractivity contribution is -0.0539. The zero-order chi connectivity index (χ0) is 16.1. The summed E-state index contributed by atoms with van der Waals surface area (Å²) in [6.07, 6.45) is -1.30. The second kappa shape index (κ2) is 5.28. The van der Waals surface area contributed by atoms with Crippen LogP contribution >= 0.6 is 11.6 Å². The molecule has 9 nitrogen and oxygen atoms in total. The average molecular weight is 330 g/mol. The molecule has 0 bridgehead atoms. The number of aliphatic hydroxyl groups excluding tert-OH is 3. The molecule has 22 heavy (non-hydrogen) atoms. The van der Waals surface area contributed by atoms with Crippen LogP contribution in [-0.2, 0) is 4.74 Å². The Morgan fingerprint density at radius 2 is 2.18 bits per heavy atom. The van der Waals surface area contributed by atoms with E-state index in [0.29, 0.717) is 11.2 Å². The topological polar surface area (TPSA) is 140 Å². The largest absolute Gasteiger partial charge is 0.396 e. The van der Waals surface area contributed by atoms with Crippen molar-refractivity contribution in [2.24, 2.45) is 5.41 Å². The van der Waals surface area contributed by atoms with E-state index >= 15 is 0 Å². The third kappa shape index (κ3) is 2.05. The maximum atomic E-state index is 10.5. The monoisotopic (exact) mass is 329 g/mol. The molecular formula is C12H16ClN5O4. The SMILES string of the molecule is C[C@]1(CO)[C@@H](CO)O[C@@H](n2cnc3c(Cl)nc(N)nc32)[C@@H]1O. The highest BCUT2D eigenvalue weighted by atomic mass is 35.5. The molecule has 0 saturated carbocycles. The number of aromatic nitrogens is 4. The summed E-state index contributed by atoms with van der Waals surface area (Å²) in [6, 6.07) is 0. The number of ether oxygens (including phenoxy) is 1. The minimum absolute atomic E-state index is 0.0321. The second-order valence-electron chi connectivity index (χ2n) is 5.50. The highest BCUT2D eigenvalue weighted by Crippen LogP contribution is 2.43. The number of anilines is 1. The molecule has 0 aromatic carbocycles. The molecule has 1 aliphatic rings. The average Bonchev–Trinajstić information content (AvgIpc) is 3.00. The molecule has 3 heterocycles. The van der Waals surface area contributed by atoms with Crippen molar-refractivity contribution >= 4 is 28.7 Å². The van der Waals surface area contributed by atoms with Gasteiger partial charge in [-0.15, -0.1) is 0 Å². The Morgan fingerprint density at radius 3 is 2.77 bits per heavy atom. The van der Waals surface area contributed by atoms with Crippen molar-refractivity contribution in [3.8, 4) is 0 Å². The van der Waals surface area contributed by atoms with E-state index < -0.39 is 23.9 Å². The Balaban J connectivity index is 2.09. The molecule has 10 heteroatoms. The van der Waals surface area contributed by atoms with Crippen molar-refractivity contribution < 1.29 is 20.1 Å². The molecule has 0 unspecified atom stereocenters. The van der Waals surface area contributed by atoms with Gasteiger partial charge in [-0.05, 0) is 0 Å². The molecule has 1 saturated heterocycles. The van der Waals surface area contributed by atoms with E-state index in [-0.39, 0.29) is 24.3 Å². The lowest BCUT2D eigenvalue weighted by Crippen LogP contribution is -2.42. The minimum Gasteiger partial charge on any atom is -0.396 e. The smallest absolute Gasteiger partial charge is 0.223 e. The van der Waals surface area contributed by atoms with E-state index in [1.165, 1.54) is 10.9 Å². The molecule has 0 spiro atoms. The molecule has 120 valence electrons. The van der Waals surface area contributed by atoms with Crippen LogP contribution in [0.25, 0.3) is 11.2 Å². The number of rotatable bonds is 3. The number of nitrogens with two attached hydrogens (primary N) is 1. The van der Waals surface area contributed by atoms with E-state index in [9.17, 15) is 15.3 Å². The summed E-state index contributed by atoms with van der Waals surface area (Å²) >= 11 is 5.97. The minimum atomic E-state index is -1.08. The fourth-order valence-corrected chi connectivity index (χ4v) is 2.88. The predicted octanol–water partition coefficient (Wildman–Crippen LogP) is -0.689. The van der Waals surface area contributed by atoms with Gasteiger partial charge in [0.05, 0.1) is 25.6 Å². The molecule has 0 aliphatic carbocycles. The molecule has 3 rings (SSSR count). The van der Waals surface area contributed by atoms with E-state index in [4.69, 9.17) is 22.1 Å². The third-order valence-electron chi connectivity index (χ3n) is 4.16. The summed E-state index contributed by atoms with van der Waals surface area (Å²) in [5.41, 5.74) is 5.20. The lowest BCUT2D eigenvalue weighted by atomic mass is 9.81. The first-order valence-electron chi connectivity index (χ1n) is 6.63. The molecule has 4 atom stereocenters. The van der Waals surface area contributed by atoms with Crippen molar-refractivity contribution in [1.82, 2.24) is 19.5 Å². The zero-order valence-corrected chi connectivity index (χ0v) is 12.5. The van der Waals surface area contributed by atoms with Crippen molar-refractivity contribution in [3.05, 3.63) is 11.5 Å². The van der Waals surface area contributed by atoms with Crippen LogP contribution < -0.4 is 5.73 Å². The normalized spacial score (nSPS) is 32.0. The number of aliphatic hydroxyl groups is 3. The van der Waals surface area contributed by atoms with Crippen LogP contribution in [0.5, 0.6) is 0 Å². The van der Waals surface area contributed by atoms with Crippen LogP contribution in [-0.4, -0.2) is 60.3 Å². The first-order valence-corrected chi connectivity index (χ1v) is 7.01. The third-order valence-corrected chi connectivity index (χ3v) is 4.43. The van der Waals surface area contributed by atoms with Gasteiger partial charge in [-0.2, -0.15) is 9.97 Å². The zero-order valence-electron chi connectivity index (χ0n) is 11.7. The van der Waals surface area contributed by atoms with Gasteiger partial charge in [0.25, 0.3) is 0 Å². The molecule has 1 fully saturated rings. The van der Waals surface area contributed by atoms with Crippen molar-refractivity contribution in [2.45, 2.75) is 25.4 Å². The summed E-state index contributed by atoms with van der Waals surface area (Å²) in [6.45, 7) is 0.948. The van der Waals surface area contributed by atoms with Crippen LogP contribution in [0.4, 0.5) is 5.95 Å². The Bertz CT molecular complexity index is 710. The molecule has 2 aromatic rings. The van der Waals surface area contributed by atoms with Crippen LogP contribution in [0.3, 0.4) is 0 Å². The second-order valence-corrected chi connectivity index (χ2v) is 5.86. The highest BCUT2D eigenvalue weighted by molar-refractivity contribution is 6.33. The van der Waals surface area contributed by atoms with Gasteiger partial charge in [0.15, 0.2) is 17.0 Å². The maximum Gasteiger partial charge on any atom is 0.223 e. The Kier molecular flexibility index (Phi) is 3.69. The number of nitrogens with zero attached hydrogens (tertiary/aromatic N) is 4. The van der Waals surface area contributed by atoms with Crippen LogP contribution in [0.15, 0.2) is 6.33 Å². The van der Waals surface area contributed by atoms with E-state index in [1.54, 1.807) is 6.92 Å². The summed E-state index contributed by atoms with van der Waals surface area (Å²) in [4.78, 5) is 12.0. The Labute approximate surface area is 130 Å². The summed E-state index contributed by atoms with van der Waals surface area (Å²) in [7, 11) is 0. The lowest BCUT2D eigenvalue weighted by Gasteiger charge is -2.29. The number of nitrogen functional groups attached to an aromatic ring is 1. The summed E-state index contributed by atoms with van der Waals surface area (Å²) in [5.74, 6) is -0.0321. The van der Waals surface area contributed by atoms with E-state index in [0.717, 1.165) is 0 Å². The molecule has 0 radical (unpaired) electrons. The number of hydrogen-bond donors (Lipinski definition) is 4. The molecule has 5 N–H and O–H groups in total. The highest BCUT2D eigenvalue weighted by Gasteiger charge is 2.53. The first-order chi connectivity index (χ1) is 10.4. The summed E-state index contributed by atoms with van der Waals surface area (Å²) < 4.78 is 7.15. The standard InChI is InChI=1S/C12H16ClN5O4/c1-12(3-20)5(2-19)22-10(7(12)21)18-4-15-6-8(13)16-11(14)17-9(6)18/h4-5,7,10,19-21H,2-3H2,1H3,(H2,14,16,17)/t5-,7+,10-,12+/m1/s1. The number of fused-ring (bicyclic) bond motifs is 1. The number of hydrogen-bond acceptors (Lipinski definition) is 8. The van der Waals surface area contributed by atoms with Crippen LogP contribution in [0.2, 0.25) is 5.15 Å². The molecular weight excluding hydrogens is 314 g/mol. The Hall–Kier alpha value is -1.52. The summed E-state index contributed by atoms with van der Waals surface area (Å²) in [5, 5.41) is 29.6. The van der Waals surface area contributed by atoms with Crippen molar-refractivity contribution in [3.63, 3.8) is 0 Å². The number of halogens is 1. The predicted molar refractivity (Wildman–Crippen MR) is 76.9 cm³/mol. The van der Waals surface area contributed by atoms with E-state index in [2.05, 4.69) is 15.0 Å². The number of imidazole rings is 1. The van der Waals surface area contributed by atoms with E-state index in [1.807, 2.05) is 0 Å². The van der Waals surface area contributed by atoms with Gasteiger partial charge in [0.1, 0.15) is 11.6 Å². The van der Waals surface area contributed by atoms with Gasteiger partial charge in [-0.1, -0.05) is 18.5 Å². The van der Waals surface area contributed by atoms with Gasteiger partial charge < -0.3 is 25.8 Å². The maximum absolute atomic E-state index is 10.5. The first kappa shape index (κ1) is 15.4. The molecule has 1 aliphatic heterocycles. The van der Waals surface area contributed by atoms with Gasteiger partial charge in [0, 0.05) is 5.41 Å². The fourth-order valence-electron chi connectivity index (χ4n) is 2.66. The van der Waals surface area contributed by atoms with Gasteiger partial charge >= 0.3 is 0 Å². The van der Waals surface area contributed by atoms with Crippen molar-refractivity contribution in [2.75, 3.05) is 18.9 Å². The quantitative estimate of drug-likeness (QED) is 0.543. The fraction of sp³-hybridized carbons (Fsp3) is 0.583. The van der Waals surface area contributed by atoms with Gasteiger partial charge in [-0.3, -0.25) is 4.57 Å². The van der Waals surface area contributed by atoms with Crippen LogP contribution in [0, 0.1) is 5.41 Å². The molecule has 2 aromatic heterocycles.